The monoisotopic (exact) mass is 488 g/mol. The Morgan fingerprint density at radius 2 is 1.83 bits per heavy atom. The van der Waals surface area contributed by atoms with E-state index in [4.69, 9.17) is 4.74 Å². The number of aryl methyl sites for hydroxylation is 1. The third kappa shape index (κ3) is 6.56. The SMILES string of the molecule is Cc1ccc(Oc2ncncc2CNc2ncc(C(F)(F)F)c(N[C@H]3CC[C@](C)(O)CC3)n2)cc1. The molecule has 0 saturated heterocycles. The number of nitrogens with one attached hydrogen (secondary N) is 2. The van der Waals surface area contributed by atoms with E-state index in [1.807, 2.05) is 31.2 Å². The molecule has 1 aliphatic rings. The third-order valence-electron chi connectivity index (χ3n) is 5.92. The zero-order valence-electron chi connectivity index (χ0n) is 19.4. The van der Waals surface area contributed by atoms with E-state index in [9.17, 15) is 18.3 Å². The summed E-state index contributed by atoms with van der Waals surface area (Å²) < 4.78 is 46.6. The van der Waals surface area contributed by atoms with E-state index in [0.717, 1.165) is 11.8 Å². The van der Waals surface area contributed by atoms with Crippen LogP contribution in [0.1, 0.15) is 49.3 Å². The summed E-state index contributed by atoms with van der Waals surface area (Å²) >= 11 is 0. The second kappa shape index (κ2) is 10.0. The molecular weight excluding hydrogens is 461 g/mol. The van der Waals surface area contributed by atoms with Crippen LogP contribution in [0.15, 0.2) is 43.0 Å². The molecule has 0 unspecified atom stereocenters. The quantitative estimate of drug-likeness (QED) is 0.422. The molecule has 0 aliphatic heterocycles. The molecule has 2 aromatic heterocycles. The zero-order chi connectivity index (χ0) is 25.1. The fourth-order valence-electron chi connectivity index (χ4n) is 3.81. The van der Waals surface area contributed by atoms with Crippen LogP contribution in [-0.2, 0) is 12.7 Å². The molecular formula is C24H27F3N6O2. The minimum Gasteiger partial charge on any atom is -0.439 e. The molecule has 0 spiro atoms. The number of anilines is 2. The molecule has 0 amide bonds. The topological polar surface area (TPSA) is 105 Å². The molecule has 11 heteroatoms. The van der Waals surface area contributed by atoms with Crippen molar-refractivity contribution in [3.63, 3.8) is 0 Å². The fraction of sp³-hybridized carbons (Fsp3) is 0.417. The van der Waals surface area contributed by atoms with Crippen LogP contribution < -0.4 is 15.4 Å². The minimum absolute atomic E-state index is 0.0217. The van der Waals surface area contributed by atoms with E-state index >= 15 is 0 Å². The molecule has 8 nitrogen and oxygen atoms in total. The van der Waals surface area contributed by atoms with Gasteiger partial charge in [0.2, 0.25) is 11.8 Å². The van der Waals surface area contributed by atoms with Crippen LogP contribution in [0.4, 0.5) is 24.9 Å². The number of ether oxygens (including phenoxy) is 1. The number of alkyl halides is 3. The maximum absolute atomic E-state index is 13.6. The highest BCUT2D eigenvalue weighted by Crippen LogP contribution is 2.36. The second-order valence-electron chi connectivity index (χ2n) is 8.99. The number of hydrogen-bond donors (Lipinski definition) is 3. The Bertz CT molecular complexity index is 1140. The van der Waals surface area contributed by atoms with Crippen molar-refractivity contribution in [3.05, 3.63) is 59.7 Å². The van der Waals surface area contributed by atoms with Crippen molar-refractivity contribution in [2.45, 2.75) is 63.9 Å². The summed E-state index contributed by atoms with van der Waals surface area (Å²) in [6.45, 7) is 3.84. The van der Waals surface area contributed by atoms with Crippen molar-refractivity contribution in [1.82, 2.24) is 19.9 Å². The van der Waals surface area contributed by atoms with Crippen LogP contribution in [0.5, 0.6) is 11.6 Å². The molecule has 1 aromatic carbocycles. The number of benzene rings is 1. The first kappa shape index (κ1) is 24.6. The highest BCUT2D eigenvalue weighted by atomic mass is 19.4. The van der Waals surface area contributed by atoms with E-state index in [1.165, 1.54) is 6.33 Å². The number of hydrogen-bond acceptors (Lipinski definition) is 8. The fourth-order valence-corrected chi connectivity index (χ4v) is 3.81. The summed E-state index contributed by atoms with van der Waals surface area (Å²) in [5, 5.41) is 16.0. The molecule has 35 heavy (non-hydrogen) atoms. The van der Waals surface area contributed by atoms with Crippen molar-refractivity contribution in [2.24, 2.45) is 0 Å². The standard InChI is InChI=1S/C24H27F3N6O2/c1-15-3-5-18(6-4-15)35-21-16(11-28-14-31-21)12-29-22-30-13-19(24(25,26)27)20(33-22)32-17-7-9-23(2,34)10-8-17/h3-6,11,13-14,17,34H,7-10,12H2,1-2H3,(H2,29,30,32,33)/t17-,23-. The lowest BCUT2D eigenvalue weighted by atomic mass is 9.83. The Kier molecular flexibility index (Phi) is 7.06. The summed E-state index contributed by atoms with van der Waals surface area (Å²) in [6.07, 6.45) is 1.15. The first-order valence-electron chi connectivity index (χ1n) is 11.3. The lowest BCUT2D eigenvalue weighted by molar-refractivity contribution is -0.137. The van der Waals surface area contributed by atoms with Crippen LogP contribution in [0, 0.1) is 6.92 Å². The Balaban J connectivity index is 1.49. The molecule has 0 bridgehead atoms. The summed E-state index contributed by atoms with van der Waals surface area (Å²) in [6, 6.07) is 7.22. The van der Waals surface area contributed by atoms with E-state index in [2.05, 4.69) is 30.6 Å². The lowest BCUT2D eigenvalue weighted by Crippen LogP contribution is -2.36. The Labute approximate surface area is 201 Å². The van der Waals surface area contributed by atoms with Crippen molar-refractivity contribution >= 4 is 11.8 Å². The van der Waals surface area contributed by atoms with Gasteiger partial charge in [0.1, 0.15) is 23.5 Å². The first-order chi connectivity index (χ1) is 16.6. The number of nitrogens with zero attached hydrogens (tertiary/aromatic N) is 4. The summed E-state index contributed by atoms with van der Waals surface area (Å²) in [5.74, 6) is 0.644. The molecule has 1 saturated carbocycles. The van der Waals surface area contributed by atoms with Gasteiger partial charge in [-0.1, -0.05) is 17.7 Å². The number of halogens is 3. The molecule has 1 aliphatic carbocycles. The smallest absolute Gasteiger partial charge is 0.421 e. The largest absolute Gasteiger partial charge is 0.439 e. The van der Waals surface area contributed by atoms with Gasteiger partial charge >= 0.3 is 6.18 Å². The van der Waals surface area contributed by atoms with E-state index < -0.39 is 17.3 Å². The second-order valence-corrected chi connectivity index (χ2v) is 8.99. The number of aliphatic hydroxyl groups is 1. The minimum atomic E-state index is -4.61. The van der Waals surface area contributed by atoms with Crippen LogP contribution in [0.3, 0.4) is 0 Å². The zero-order valence-corrected chi connectivity index (χ0v) is 19.4. The van der Waals surface area contributed by atoms with Crippen molar-refractivity contribution in [1.29, 1.82) is 0 Å². The Morgan fingerprint density at radius 3 is 2.51 bits per heavy atom. The summed E-state index contributed by atoms with van der Waals surface area (Å²) in [5.41, 5.74) is -0.0590. The van der Waals surface area contributed by atoms with Gasteiger partial charge in [-0.2, -0.15) is 18.2 Å². The van der Waals surface area contributed by atoms with Gasteiger partial charge in [-0.25, -0.2) is 15.0 Å². The first-order valence-corrected chi connectivity index (χ1v) is 11.3. The summed E-state index contributed by atoms with van der Waals surface area (Å²) in [7, 11) is 0. The molecule has 3 N–H and O–H groups in total. The van der Waals surface area contributed by atoms with Crippen LogP contribution in [-0.4, -0.2) is 36.7 Å². The molecule has 186 valence electrons. The van der Waals surface area contributed by atoms with Crippen LogP contribution in [0.25, 0.3) is 0 Å². The predicted molar refractivity (Wildman–Crippen MR) is 124 cm³/mol. The van der Waals surface area contributed by atoms with Crippen molar-refractivity contribution in [3.8, 4) is 11.6 Å². The number of rotatable bonds is 7. The normalized spacial score (nSPS) is 20.3. The molecule has 1 fully saturated rings. The van der Waals surface area contributed by atoms with E-state index in [-0.39, 0.29) is 24.4 Å². The highest BCUT2D eigenvalue weighted by molar-refractivity contribution is 5.50. The molecule has 0 atom stereocenters. The Hall–Kier alpha value is -3.47. The average Bonchev–Trinajstić information content (AvgIpc) is 2.81. The maximum Gasteiger partial charge on any atom is 0.421 e. The van der Waals surface area contributed by atoms with Gasteiger partial charge in [-0.15, -0.1) is 0 Å². The highest BCUT2D eigenvalue weighted by Gasteiger charge is 2.37. The van der Waals surface area contributed by atoms with Gasteiger partial charge in [0, 0.05) is 25.0 Å². The van der Waals surface area contributed by atoms with Gasteiger partial charge in [-0.3, -0.25) is 0 Å². The molecule has 4 rings (SSSR count). The van der Waals surface area contributed by atoms with Gasteiger partial charge in [-0.05, 0) is 51.7 Å². The van der Waals surface area contributed by atoms with Crippen molar-refractivity contribution in [2.75, 3.05) is 10.6 Å². The molecule has 3 aromatic rings. The van der Waals surface area contributed by atoms with Crippen LogP contribution >= 0.6 is 0 Å². The van der Waals surface area contributed by atoms with Gasteiger partial charge in [0.25, 0.3) is 0 Å². The summed E-state index contributed by atoms with van der Waals surface area (Å²) in [4.78, 5) is 16.1. The van der Waals surface area contributed by atoms with Crippen LogP contribution in [0.2, 0.25) is 0 Å². The predicted octanol–water partition coefficient (Wildman–Crippen LogP) is 5.10. The maximum atomic E-state index is 13.6. The molecule has 2 heterocycles. The molecule has 0 radical (unpaired) electrons. The van der Waals surface area contributed by atoms with E-state index in [0.29, 0.717) is 42.9 Å². The average molecular weight is 489 g/mol. The number of aromatic nitrogens is 4. The lowest BCUT2D eigenvalue weighted by Gasteiger charge is -2.34. The third-order valence-corrected chi connectivity index (χ3v) is 5.92. The Morgan fingerprint density at radius 1 is 1.11 bits per heavy atom. The van der Waals surface area contributed by atoms with Gasteiger partial charge in [0.15, 0.2) is 0 Å². The van der Waals surface area contributed by atoms with Gasteiger partial charge in [0.05, 0.1) is 11.2 Å². The van der Waals surface area contributed by atoms with Gasteiger partial charge < -0.3 is 20.5 Å². The van der Waals surface area contributed by atoms with Crippen molar-refractivity contribution < 1.29 is 23.0 Å². The van der Waals surface area contributed by atoms with E-state index in [1.54, 1.807) is 13.1 Å².